The molecule has 0 aliphatic rings. The summed E-state index contributed by atoms with van der Waals surface area (Å²) in [5.74, 6) is -1.11. The molecule has 6 nitrogen and oxygen atoms in total. The van der Waals surface area contributed by atoms with Crippen LogP contribution in [0.1, 0.15) is 40.5 Å². The van der Waals surface area contributed by atoms with E-state index in [0.717, 1.165) is 0 Å². The van der Waals surface area contributed by atoms with Gasteiger partial charge in [-0.05, 0) is 18.8 Å². The van der Waals surface area contributed by atoms with Crippen LogP contribution in [-0.4, -0.2) is 47.3 Å². The average Bonchev–Trinajstić information content (AvgIpc) is 2.42. The number of carbonyl (C=O) groups is 2. The lowest BCUT2D eigenvalue weighted by atomic mass is 9.86. The summed E-state index contributed by atoms with van der Waals surface area (Å²) in [5.41, 5.74) is -0.281. The van der Waals surface area contributed by atoms with Crippen molar-refractivity contribution in [3.05, 3.63) is 12.7 Å². The van der Waals surface area contributed by atoms with Crippen LogP contribution in [0.2, 0.25) is 0 Å². The van der Waals surface area contributed by atoms with Gasteiger partial charge < -0.3 is 20.8 Å². The second kappa shape index (κ2) is 9.58. The Balaban J connectivity index is 4.76. The van der Waals surface area contributed by atoms with Gasteiger partial charge in [-0.15, -0.1) is 6.58 Å². The average molecular weight is 314 g/mol. The fourth-order valence-electron chi connectivity index (χ4n) is 1.91. The predicted molar refractivity (Wildman–Crippen MR) is 86.1 cm³/mol. The molecular formula is C16H30N2O4. The molecule has 0 unspecified atom stereocenters. The van der Waals surface area contributed by atoms with Gasteiger partial charge in [-0.2, -0.15) is 0 Å². The number of hydrogen-bond donors (Lipinski definition) is 4. The molecule has 2 amide bonds. The number of amides is 2. The van der Waals surface area contributed by atoms with E-state index in [-0.39, 0.29) is 48.9 Å². The van der Waals surface area contributed by atoms with E-state index < -0.39 is 5.92 Å². The van der Waals surface area contributed by atoms with Gasteiger partial charge in [-0.3, -0.25) is 9.59 Å². The number of hydrogen-bond acceptors (Lipinski definition) is 4. The second-order valence-corrected chi connectivity index (χ2v) is 6.69. The number of aliphatic hydroxyl groups excluding tert-OH is 2. The molecule has 3 atom stereocenters. The zero-order chi connectivity index (χ0) is 17.3. The molecule has 0 fully saturated rings. The standard InChI is InChI=1S/C16H30N2O4/c1-6-7-12(8-14(21)17-11(2)9-19)15(22)18-13(10-20)16(3,4)5/h6,11-13,19-20H,1,7-10H2,2-5H3,(H,17,21)(H,18,22)/t11-,12+,13+/m0/s1. The lowest BCUT2D eigenvalue weighted by Crippen LogP contribution is -2.49. The Bertz CT molecular complexity index is 377. The summed E-state index contributed by atoms with van der Waals surface area (Å²) in [6.45, 7) is 10.8. The van der Waals surface area contributed by atoms with Crippen LogP contribution in [0, 0.1) is 11.3 Å². The van der Waals surface area contributed by atoms with Gasteiger partial charge in [0.2, 0.25) is 11.8 Å². The minimum atomic E-state index is -0.542. The Kier molecular flexibility index (Phi) is 8.97. The van der Waals surface area contributed by atoms with E-state index in [9.17, 15) is 14.7 Å². The van der Waals surface area contributed by atoms with E-state index in [2.05, 4.69) is 17.2 Å². The number of rotatable bonds is 9. The van der Waals surface area contributed by atoms with Gasteiger partial charge in [0.1, 0.15) is 0 Å². The molecule has 0 spiro atoms. The second-order valence-electron chi connectivity index (χ2n) is 6.69. The molecule has 0 aromatic carbocycles. The molecule has 4 N–H and O–H groups in total. The predicted octanol–water partition coefficient (Wildman–Crippen LogP) is 0.589. The topological polar surface area (TPSA) is 98.7 Å². The van der Waals surface area contributed by atoms with E-state index >= 15 is 0 Å². The third-order valence-corrected chi connectivity index (χ3v) is 3.48. The van der Waals surface area contributed by atoms with Crippen LogP contribution in [-0.2, 0) is 9.59 Å². The van der Waals surface area contributed by atoms with Crippen molar-refractivity contribution < 1.29 is 19.8 Å². The molecule has 6 heteroatoms. The lowest BCUT2D eigenvalue weighted by Gasteiger charge is -2.31. The third-order valence-electron chi connectivity index (χ3n) is 3.48. The Morgan fingerprint density at radius 3 is 2.18 bits per heavy atom. The highest BCUT2D eigenvalue weighted by Crippen LogP contribution is 2.20. The van der Waals surface area contributed by atoms with Crippen LogP contribution in [0.4, 0.5) is 0 Å². The van der Waals surface area contributed by atoms with E-state index in [1.165, 1.54) is 0 Å². The van der Waals surface area contributed by atoms with E-state index in [1.54, 1.807) is 13.0 Å². The van der Waals surface area contributed by atoms with Crippen LogP contribution in [0.3, 0.4) is 0 Å². The van der Waals surface area contributed by atoms with Crippen molar-refractivity contribution in [2.75, 3.05) is 13.2 Å². The van der Waals surface area contributed by atoms with Crippen LogP contribution >= 0.6 is 0 Å². The molecule has 0 aliphatic carbocycles. The molecule has 0 aromatic heterocycles. The summed E-state index contributed by atoms with van der Waals surface area (Å²) in [5, 5.41) is 23.8. The van der Waals surface area contributed by atoms with E-state index in [1.807, 2.05) is 20.8 Å². The van der Waals surface area contributed by atoms with E-state index in [0.29, 0.717) is 6.42 Å². The maximum Gasteiger partial charge on any atom is 0.224 e. The SMILES string of the molecule is C=CC[C@H](CC(=O)N[C@@H](C)CO)C(=O)N[C@H](CO)C(C)(C)C. The van der Waals surface area contributed by atoms with Gasteiger partial charge in [0.25, 0.3) is 0 Å². The fraction of sp³-hybridized carbons (Fsp3) is 0.750. The molecule has 0 aliphatic heterocycles. The van der Waals surface area contributed by atoms with Gasteiger partial charge in [0.05, 0.1) is 25.2 Å². The van der Waals surface area contributed by atoms with Crippen LogP contribution in [0.15, 0.2) is 12.7 Å². The maximum absolute atomic E-state index is 12.3. The molecular weight excluding hydrogens is 284 g/mol. The molecule has 22 heavy (non-hydrogen) atoms. The summed E-state index contributed by atoms with van der Waals surface area (Å²) in [7, 11) is 0. The molecule has 128 valence electrons. The molecule has 0 radical (unpaired) electrons. The number of allylic oxidation sites excluding steroid dienone is 1. The summed E-state index contributed by atoms with van der Waals surface area (Å²) < 4.78 is 0. The summed E-state index contributed by atoms with van der Waals surface area (Å²) in [6, 6.07) is -0.730. The normalized spacial score (nSPS) is 15.5. The summed E-state index contributed by atoms with van der Waals surface area (Å²) in [6.07, 6.45) is 1.98. The molecule has 0 aromatic rings. The Hall–Kier alpha value is -1.40. The number of nitrogens with one attached hydrogen (secondary N) is 2. The minimum absolute atomic E-state index is 0.0183. The van der Waals surface area contributed by atoms with Crippen molar-refractivity contribution in [2.24, 2.45) is 11.3 Å². The van der Waals surface area contributed by atoms with Crippen LogP contribution in [0.5, 0.6) is 0 Å². The van der Waals surface area contributed by atoms with Crippen molar-refractivity contribution in [3.63, 3.8) is 0 Å². The Labute approximate surface area is 133 Å². The first-order valence-electron chi connectivity index (χ1n) is 7.58. The molecule has 0 rings (SSSR count). The van der Waals surface area contributed by atoms with Gasteiger partial charge in [-0.1, -0.05) is 26.8 Å². The van der Waals surface area contributed by atoms with Crippen molar-refractivity contribution in [3.8, 4) is 0 Å². The van der Waals surface area contributed by atoms with Gasteiger partial charge in [-0.25, -0.2) is 0 Å². The Morgan fingerprint density at radius 2 is 1.77 bits per heavy atom. The minimum Gasteiger partial charge on any atom is -0.394 e. The van der Waals surface area contributed by atoms with Gasteiger partial charge >= 0.3 is 0 Å². The zero-order valence-corrected chi connectivity index (χ0v) is 14.1. The highest BCUT2D eigenvalue weighted by molar-refractivity contribution is 5.86. The van der Waals surface area contributed by atoms with Crippen molar-refractivity contribution >= 4 is 11.8 Å². The first-order chi connectivity index (χ1) is 10.1. The molecule has 0 saturated heterocycles. The van der Waals surface area contributed by atoms with Gasteiger partial charge in [0, 0.05) is 12.5 Å². The fourth-order valence-corrected chi connectivity index (χ4v) is 1.91. The first-order valence-corrected chi connectivity index (χ1v) is 7.58. The van der Waals surface area contributed by atoms with Crippen molar-refractivity contribution in [2.45, 2.75) is 52.6 Å². The van der Waals surface area contributed by atoms with Gasteiger partial charge in [0.15, 0.2) is 0 Å². The highest BCUT2D eigenvalue weighted by Gasteiger charge is 2.29. The molecule has 0 heterocycles. The van der Waals surface area contributed by atoms with Crippen LogP contribution in [0.25, 0.3) is 0 Å². The monoisotopic (exact) mass is 314 g/mol. The quantitative estimate of drug-likeness (QED) is 0.468. The lowest BCUT2D eigenvalue weighted by molar-refractivity contribution is -0.131. The first kappa shape index (κ1) is 20.6. The number of carbonyl (C=O) groups excluding carboxylic acids is 2. The summed E-state index contributed by atoms with van der Waals surface area (Å²) >= 11 is 0. The van der Waals surface area contributed by atoms with E-state index in [4.69, 9.17) is 5.11 Å². The Morgan fingerprint density at radius 1 is 1.18 bits per heavy atom. The summed E-state index contributed by atoms with van der Waals surface area (Å²) in [4.78, 5) is 24.2. The molecule has 0 saturated carbocycles. The molecule has 0 bridgehead atoms. The maximum atomic E-state index is 12.3. The van der Waals surface area contributed by atoms with Crippen LogP contribution < -0.4 is 10.6 Å². The smallest absolute Gasteiger partial charge is 0.224 e. The number of aliphatic hydroxyl groups is 2. The zero-order valence-electron chi connectivity index (χ0n) is 14.1. The largest absolute Gasteiger partial charge is 0.394 e. The van der Waals surface area contributed by atoms with Crippen molar-refractivity contribution in [1.82, 2.24) is 10.6 Å². The van der Waals surface area contributed by atoms with Crippen molar-refractivity contribution in [1.29, 1.82) is 0 Å². The highest BCUT2D eigenvalue weighted by atomic mass is 16.3. The third kappa shape index (κ3) is 7.56.